The molecule has 6 rings (SSSR count). The number of phenolic OH excluding ortho intramolecular Hbond substituents is 1. The fourth-order valence-electron chi connectivity index (χ4n) is 6.68. The standard InChI is InChI=1S/C32H42O15/c1-13-23(34)25(36)27(38)31(45-13)44-12-22-24(35)26(37)28(39)32(47-22)46-19-7-5-15(9-21(19)41-3)30-17-11-42-29(16(17)10-43-30)14-4-6-18(33)20(8-14)40-2/h4-9,13,16-17,22-39H,10-12H2,1-3H3/t13-,16+,17+,22+,23+,24+,25-,26-,27+,28+,29-,30-,31-,32-/m1/s1. The van der Waals surface area contributed by atoms with Crippen molar-refractivity contribution in [3.8, 4) is 23.0 Å². The Kier molecular flexibility index (Phi) is 10.1. The highest BCUT2D eigenvalue weighted by molar-refractivity contribution is 5.45. The Morgan fingerprint density at radius 3 is 1.87 bits per heavy atom. The van der Waals surface area contributed by atoms with Crippen molar-refractivity contribution in [2.75, 3.05) is 34.0 Å². The minimum absolute atomic E-state index is 0.0381. The van der Waals surface area contributed by atoms with E-state index in [1.165, 1.54) is 21.1 Å². The molecule has 14 atom stereocenters. The van der Waals surface area contributed by atoms with Crippen LogP contribution in [0.25, 0.3) is 0 Å². The summed E-state index contributed by atoms with van der Waals surface area (Å²) >= 11 is 0. The van der Waals surface area contributed by atoms with E-state index >= 15 is 0 Å². The van der Waals surface area contributed by atoms with E-state index < -0.39 is 68.0 Å². The molecule has 0 radical (unpaired) electrons. The first-order valence-electron chi connectivity index (χ1n) is 15.5. The van der Waals surface area contributed by atoms with Crippen molar-refractivity contribution >= 4 is 0 Å². The van der Waals surface area contributed by atoms with Crippen LogP contribution in [0.1, 0.15) is 30.3 Å². The highest BCUT2D eigenvalue weighted by Crippen LogP contribution is 2.51. The van der Waals surface area contributed by atoms with Crippen LogP contribution in [0.3, 0.4) is 0 Å². The van der Waals surface area contributed by atoms with E-state index in [0.29, 0.717) is 24.7 Å². The smallest absolute Gasteiger partial charge is 0.229 e. The second kappa shape index (κ2) is 14.0. The van der Waals surface area contributed by atoms with E-state index in [1.807, 2.05) is 6.07 Å². The van der Waals surface area contributed by atoms with Crippen molar-refractivity contribution in [2.45, 2.75) is 80.5 Å². The van der Waals surface area contributed by atoms with Crippen molar-refractivity contribution in [3.05, 3.63) is 47.5 Å². The minimum atomic E-state index is -1.68. The third kappa shape index (κ3) is 6.50. The van der Waals surface area contributed by atoms with Gasteiger partial charge < -0.3 is 73.6 Å². The van der Waals surface area contributed by atoms with Crippen LogP contribution in [0.15, 0.2) is 36.4 Å². The van der Waals surface area contributed by atoms with Gasteiger partial charge in [-0.25, -0.2) is 0 Å². The Morgan fingerprint density at radius 1 is 0.660 bits per heavy atom. The molecule has 4 saturated heterocycles. The van der Waals surface area contributed by atoms with Gasteiger partial charge in [-0.1, -0.05) is 12.1 Å². The van der Waals surface area contributed by atoms with Crippen LogP contribution in [0.2, 0.25) is 0 Å². The van der Waals surface area contributed by atoms with Gasteiger partial charge in [-0.05, 0) is 42.3 Å². The highest BCUT2D eigenvalue weighted by atomic mass is 16.7. The van der Waals surface area contributed by atoms with Crippen LogP contribution < -0.4 is 14.2 Å². The van der Waals surface area contributed by atoms with Crippen molar-refractivity contribution in [1.29, 1.82) is 0 Å². The normalized spacial score (nSPS) is 40.2. The maximum absolute atomic E-state index is 10.7. The molecule has 0 spiro atoms. The average Bonchev–Trinajstić information content (AvgIpc) is 3.69. The van der Waals surface area contributed by atoms with Gasteiger partial charge in [-0.15, -0.1) is 0 Å². The molecule has 260 valence electrons. The van der Waals surface area contributed by atoms with Crippen molar-refractivity contribution in [3.63, 3.8) is 0 Å². The van der Waals surface area contributed by atoms with Crippen LogP contribution in [-0.2, 0) is 23.7 Å². The molecular weight excluding hydrogens is 624 g/mol. The van der Waals surface area contributed by atoms with Gasteiger partial charge in [-0.3, -0.25) is 0 Å². The molecule has 4 fully saturated rings. The maximum atomic E-state index is 10.7. The number of aliphatic hydroxyl groups excluding tert-OH is 6. The Labute approximate surface area is 270 Å². The van der Waals surface area contributed by atoms with E-state index in [9.17, 15) is 35.7 Å². The SMILES string of the molecule is COc1cc([C@H]2OC[C@H]3[C@@H]2CO[C@@H]3c2ccc(O[C@@H]3O[C@@H](CO[C@@H]4O[C@H](C)[C@H](O)[C@@H](O)[C@@H]4O)[C@H](O)[C@@H](O)[C@@H]3O)c(OC)c2)ccc1O. The zero-order chi connectivity index (χ0) is 33.6. The summed E-state index contributed by atoms with van der Waals surface area (Å²) in [5.41, 5.74) is 1.70. The lowest BCUT2D eigenvalue weighted by Crippen LogP contribution is -2.61. The average molecular weight is 667 g/mol. The number of rotatable bonds is 9. The van der Waals surface area contributed by atoms with Crippen LogP contribution in [0, 0.1) is 11.8 Å². The second-order valence-electron chi connectivity index (χ2n) is 12.3. The number of aromatic hydroxyl groups is 1. The molecule has 0 bridgehead atoms. The molecule has 4 aliphatic rings. The zero-order valence-electron chi connectivity index (χ0n) is 26.1. The maximum Gasteiger partial charge on any atom is 0.229 e. The lowest BCUT2D eigenvalue weighted by Gasteiger charge is -2.42. The summed E-state index contributed by atoms with van der Waals surface area (Å²) in [5, 5.41) is 72.0. The number of methoxy groups -OCH3 is 2. The van der Waals surface area contributed by atoms with Crippen molar-refractivity contribution in [1.82, 2.24) is 0 Å². The van der Waals surface area contributed by atoms with Gasteiger partial charge in [0.15, 0.2) is 29.3 Å². The molecule has 0 aromatic heterocycles. The highest BCUT2D eigenvalue weighted by Gasteiger charge is 2.49. The quantitative estimate of drug-likeness (QED) is 0.180. The lowest BCUT2D eigenvalue weighted by atomic mass is 9.85. The van der Waals surface area contributed by atoms with Gasteiger partial charge in [0.25, 0.3) is 0 Å². The predicted octanol–water partition coefficient (Wildman–Crippen LogP) is -0.485. The zero-order valence-corrected chi connectivity index (χ0v) is 26.1. The van der Waals surface area contributed by atoms with Crippen LogP contribution in [0.4, 0.5) is 0 Å². The molecule has 0 saturated carbocycles. The van der Waals surface area contributed by atoms with E-state index in [-0.39, 0.29) is 35.5 Å². The molecule has 4 heterocycles. The molecular formula is C32H42O15. The van der Waals surface area contributed by atoms with E-state index in [1.54, 1.807) is 30.3 Å². The number of fused-ring (bicyclic) bond motifs is 1. The topological polar surface area (TPSA) is 215 Å². The van der Waals surface area contributed by atoms with Crippen LogP contribution >= 0.6 is 0 Å². The molecule has 2 aromatic rings. The van der Waals surface area contributed by atoms with E-state index in [0.717, 1.165) is 11.1 Å². The van der Waals surface area contributed by atoms with Gasteiger partial charge in [0.1, 0.15) is 42.7 Å². The Balaban J connectivity index is 1.12. The number of ether oxygens (including phenoxy) is 8. The number of phenols is 1. The first-order chi connectivity index (χ1) is 22.5. The fourth-order valence-corrected chi connectivity index (χ4v) is 6.68. The van der Waals surface area contributed by atoms with Gasteiger partial charge in [0, 0.05) is 11.8 Å². The summed E-state index contributed by atoms with van der Waals surface area (Å²) in [6, 6.07) is 10.3. The Bertz CT molecular complexity index is 1380. The lowest BCUT2D eigenvalue weighted by molar-refractivity contribution is -0.318. The third-order valence-electron chi connectivity index (χ3n) is 9.46. The molecule has 4 aliphatic heterocycles. The van der Waals surface area contributed by atoms with Gasteiger partial charge >= 0.3 is 0 Å². The molecule has 15 heteroatoms. The number of aliphatic hydroxyl groups is 6. The number of hydrogen-bond acceptors (Lipinski definition) is 15. The van der Waals surface area contributed by atoms with Gasteiger partial charge in [0.2, 0.25) is 6.29 Å². The largest absolute Gasteiger partial charge is 0.504 e. The van der Waals surface area contributed by atoms with E-state index in [2.05, 4.69) is 0 Å². The monoisotopic (exact) mass is 666 g/mol. The summed E-state index contributed by atoms with van der Waals surface area (Å²) < 4.78 is 45.9. The van der Waals surface area contributed by atoms with Gasteiger partial charge in [-0.2, -0.15) is 0 Å². The molecule has 15 nitrogen and oxygen atoms in total. The summed E-state index contributed by atoms with van der Waals surface area (Å²) in [5.74, 6) is 1.00. The summed E-state index contributed by atoms with van der Waals surface area (Å²) in [7, 11) is 2.94. The van der Waals surface area contributed by atoms with Gasteiger partial charge in [0.05, 0.1) is 52.4 Å². The second-order valence-corrected chi connectivity index (χ2v) is 12.3. The Hall–Kier alpha value is -2.80. The van der Waals surface area contributed by atoms with Crippen LogP contribution in [0.5, 0.6) is 23.0 Å². The Morgan fingerprint density at radius 2 is 1.23 bits per heavy atom. The molecule has 2 aromatic carbocycles. The molecule has 0 unspecified atom stereocenters. The number of hydrogen-bond donors (Lipinski definition) is 7. The van der Waals surface area contributed by atoms with Crippen molar-refractivity contribution in [2.24, 2.45) is 11.8 Å². The minimum Gasteiger partial charge on any atom is -0.504 e. The van der Waals surface area contributed by atoms with Crippen molar-refractivity contribution < 1.29 is 73.6 Å². The summed E-state index contributed by atoms with van der Waals surface area (Å²) in [4.78, 5) is 0. The first kappa shape index (κ1) is 34.1. The van der Waals surface area contributed by atoms with Crippen LogP contribution in [-0.4, -0.2) is 131 Å². The third-order valence-corrected chi connectivity index (χ3v) is 9.46. The summed E-state index contributed by atoms with van der Waals surface area (Å²) in [6.45, 7) is 1.99. The molecule has 7 N–H and O–H groups in total. The number of benzene rings is 2. The summed E-state index contributed by atoms with van der Waals surface area (Å²) in [6.07, 6.45) is -14.8. The molecule has 0 amide bonds. The molecule has 47 heavy (non-hydrogen) atoms. The fraction of sp³-hybridized carbons (Fsp3) is 0.625. The van der Waals surface area contributed by atoms with E-state index in [4.69, 9.17) is 37.9 Å². The molecule has 0 aliphatic carbocycles. The predicted molar refractivity (Wildman–Crippen MR) is 158 cm³/mol. The first-order valence-corrected chi connectivity index (χ1v) is 15.5.